The molecule has 0 aliphatic heterocycles. The summed E-state index contributed by atoms with van der Waals surface area (Å²) < 4.78 is 1.35. The summed E-state index contributed by atoms with van der Waals surface area (Å²) in [6.07, 6.45) is 3.31. The third kappa shape index (κ3) is 3.03. The van der Waals surface area contributed by atoms with Gasteiger partial charge in [-0.3, -0.25) is 9.59 Å². The average molecular weight is 361 g/mol. The Balaban J connectivity index is 1.64. The monoisotopic (exact) mass is 361 g/mol. The fraction of sp³-hybridized carbons (Fsp3) is 0.318. The molecule has 0 radical (unpaired) electrons. The van der Waals surface area contributed by atoms with Gasteiger partial charge in [0.15, 0.2) is 5.69 Å². The molecule has 1 saturated carbocycles. The Hall–Kier alpha value is -2.95. The molecule has 27 heavy (non-hydrogen) atoms. The third-order valence-electron chi connectivity index (χ3n) is 5.67. The van der Waals surface area contributed by atoms with Crippen LogP contribution in [0.25, 0.3) is 10.8 Å². The summed E-state index contributed by atoms with van der Waals surface area (Å²) in [5.41, 5.74) is 1.43. The number of benzene rings is 2. The van der Waals surface area contributed by atoms with Gasteiger partial charge in [0.1, 0.15) is 0 Å². The van der Waals surface area contributed by atoms with Crippen LogP contribution in [0.15, 0.2) is 59.4 Å². The molecule has 1 aromatic heterocycles. The number of amides is 1. The van der Waals surface area contributed by atoms with Crippen LogP contribution >= 0.6 is 0 Å². The van der Waals surface area contributed by atoms with Crippen molar-refractivity contribution >= 4 is 16.7 Å². The molecule has 1 fully saturated rings. The predicted octanol–water partition coefficient (Wildman–Crippen LogP) is 3.27. The van der Waals surface area contributed by atoms with Crippen LogP contribution in [0.2, 0.25) is 0 Å². The number of nitrogens with zero attached hydrogens (tertiary/aromatic N) is 2. The molecule has 5 nitrogen and oxygen atoms in total. The molecule has 0 spiro atoms. The van der Waals surface area contributed by atoms with Crippen molar-refractivity contribution in [1.82, 2.24) is 15.1 Å². The van der Waals surface area contributed by atoms with Crippen LogP contribution < -0.4 is 10.9 Å². The first-order valence-corrected chi connectivity index (χ1v) is 9.48. The van der Waals surface area contributed by atoms with Gasteiger partial charge in [-0.1, -0.05) is 55.0 Å². The molecule has 138 valence electrons. The summed E-state index contributed by atoms with van der Waals surface area (Å²) in [5, 5.41) is 8.55. The Kier molecular flexibility index (Phi) is 4.52. The molecule has 4 rings (SSSR count). The highest BCUT2D eigenvalue weighted by Crippen LogP contribution is 2.43. The third-order valence-corrected chi connectivity index (χ3v) is 5.67. The first-order valence-electron chi connectivity index (χ1n) is 9.48. The number of aromatic nitrogens is 2. The average Bonchev–Trinajstić information content (AvgIpc) is 2.68. The lowest BCUT2D eigenvalue weighted by Gasteiger charge is -2.42. The standard InChI is InChI=1S/C22H23N3O2/c1-2-25-21(27)18-12-7-6-11-17(18)19(24-25)20(26)23-15-22(13-8-14-22)16-9-4-3-5-10-16/h3-7,9-12H,2,8,13-15H2,1H3,(H,23,26). The van der Waals surface area contributed by atoms with E-state index >= 15 is 0 Å². The summed E-state index contributed by atoms with van der Waals surface area (Å²) in [5.74, 6) is -0.226. The van der Waals surface area contributed by atoms with Crippen LogP contribution in [0.4, 0.5) is 0 Å². The van der Waals surface area contributed by atoms with Crippen molar-refractivity contribution < 1.29 is 4.79 Å². The first-order chi connectivity index (χ1) is 13.1. The number of aryl methyl sites for hydroxylation is 1. The summed E-state index contributed by atoms with van der Waals surface area (Å²) in [6, 6.07) is 17.5. The maximum Gasteiger partial charge on any atom is 0.274 e. The zero-order valence-corrected chi connectivity index (χ0v) is 15.4. The van der Waals surface area contributed by atoms with Crippen LogP contribution in [0.3, 0.4) is 0 Å². The molecule has 1 aliphatic rings. The van der Waals surface area contributed by atoms with Gasteiger partial charge >= 0.3 is 0 Å². The molecule has 0 unspecified atom stereocenters. The van der Waals surface area contributed by atoms with Crippen molar-refractivity contribution in [3.63, 3.8) is 0 Å². The molecule has 1 amide bonds. The second kappa shape index (κ2) is 6.99. The molecule has 0 atom stereocenters. The lowest BCUT2D eigenvalue weighted by atomic mass is 9.64. The summed E-state index contributed by atoms with van der Waals surface area (Å²) in [7, 11) is 0. The van der Waals surface area contributed by atoms with Gasteiger partial charge in [-0.2, -0.15) is 5.10 Å². The van der Waals surface area contributed by atoms with E-state index in [1.165, 1.54) is 16.7 Å². The lowest BCUT2D eigenvalue weighted by molar-refractivity contribution is 0.0922. The van der Waals surface area contributed by atoms with E-state index < -0.39 is 0 Å². The first kappa shape index (κ1) is 17.5. The van der Waals surface area contributed by atoms with Crippen LogP contribution in [-0.2, 0) is 12.0 Å². The highest BCUT2D eigenvalue weighted by atomic mass is 16.2. The Labute approximate surface area is 158 Å². The van der Waals surface area contributed by atoms with Gasteiger partial charge in [0, 0.05) is 23.9 Å². The molecular formula is C22H23N3O2. The molecule has 5 heteroatoms. The molecule has 3 aromatic rings. The van der Waals surface area contributed by atoms with E-state index in [0.29, 0.717) is 29.6 Å². The van der Waals surface area contributed by atoms with Gasteiger partial charge in [-0.25, -0.2) is 4.68 Å². The summed E-state index contributed by atoms with van der Waals surface area (Å²) in [4.78, 5) is 25.4. The minimum absolute atomic E-state index is 0.00588. The van der Waals surface area contributed by atoms with E-state index in [4.69, 9.17) is 0 Å². The Bertz CT molecular complexity index is 1040. The normalized spacial score (nSPS) is 15.3. The SMILES string of the molecule is CCn1nc(C(=O)NCC2(c3ccccc3)CCC2)c2ccccc2c1=O. The molecule has 1 aliphatic carbocycles. The van der Waals surface area contributed by atoms with E-state index in [9.17, 15) is 9.59 Å². The van der Waals surface area contributed by atoms with Crippen molar-refractivity contribution in [3.05, 3.63) is 76.2 Å². The van der Waals surface area contributed by atoms with Gasteiger partial charge < -0.3 is 5.32 Å². The van der Waals surface area contributed by atoms with Gasteiger partial charge in [0.2, 0.25) is 0 Å². The Morgan fingerprint density at radius 2 is 1.74 bits per heavy atom. The van der Waals surface area contributed by atoms with Crippen LogP contribution in [-0.4, -0.2) is 22.2 Å². The molecule has 1 heterocycles. The molecular weight excluding hydrogens is 338 g/mol. The van der Waals surface area contributed by atoms with Gasteiger partial charge in [0.25, 0.3) is 11.5 Å². The van der Waals surface area contributed by atoms with Crippen molar-refractivity contribution in [2.75, 3.05) is 6.54 Å². The molecule has 1 N–H and O–H groups in total. The number of carbonyl (C=O) groups excluding carboxylic acids is 1. The highest BCUT2D eigenvalue weighted by molar-refractivity contribution is 6.04. The molecule has 0 bridgehead atoms. The number of hydrogen-bond donors (Lipinski definition) is 1. The second-order valence-electron chi connectivity index (χ2n) is 7.20. The van der Waals surface area contributed by atoms with Crippen LogP contribution in [0.5, 0.6) is 0 Å². The number of carbonyl (C=O) groups is 1. The lowest BCUT2D eigenvalue weighted by Crippen LogP contribution is -2.46. The van der Waals surface area contributed by atoms with Crippen molar-refractivity contribution in [1.29, 1.82) is 0 Å². The van der Waals surface area contributed by atoms with Crippen LogP contribution in [0, 0.1) is 0 Å². The predicted molar refractivity (Wildman–Crippen MR) is 106 cm³/mol. The number of hydrogen-bond acceptors (Lipinski definition) is 3. The summed E-state index contributed by atoms with van der Waals surface area (Å²) in [6.45, 7) is 2.86. The highest BCUT2D eigenvalue weighted by Gasteiger charge is 2.38. The van der Waals surface area contributed by atoms with E-state index in [1.54, 1.807) is 12.1 Å². The fourth-order valence-corrected chi connectivity index (χ4v) is 3.91. The maximum atomic E-state index is 13.0. The van der Waals surface area contributed by atoms with E-state index in [-0.39, 0.29) is 16.9 Å². The molecule has 2 aromatic carbocycles. The van der Waals surface area contributed by atoms with Crippen LogP contribution in [0.1, 0.15) is 42.2 Å². The zero-order chi connectivity index (χ0) is 18.9. The maximum absolute atomic E-state index is 13.0. The fourth-order valence-electron chi connectivity index (χ4n) is 3.91. The molecule has 0 saturated heterocycles. The van der Waals surface area contributed by atoms with Crippen molar-refractivity contribution in [3.8, 4) is 0 Å². The Morgan fingerprint density at radius 3 is 2.37 bits per heavy atom. The topological polar surface area (TPSA) is 64.0 Å². The van der Waals surface area contributed by atoms with Crippen molar-refractivity contribution in [2.24, 2.45) is 0 Å². The quantitative estimate of drug-likeness (QED) is 0.759. The van der Waals surface area contributed by atoms with E-state index in [2.05, 4.69) is 22.5 Å². The minimum Gasteiger partial charge on any atom is -0.350 e. The zero-order valence-electron chi connectivity index (χ0n) is 15.4. The van der Waals surface area contributed by atoms with Gasteiger partial charge in [0.05, 0.1) is 5.39 Å². The van der Waals surface area contributed by atoms with E-state index in [1.807, 2.05) is 37.3 Å². The summed E-state index contributed by atoms with van der Waals surface area (Å²) >= 11 is 0. The number of fused-ring (bicyclic) bond motifs is 1. The van der Waals surface area contributed by atoms with Crippen molar-refractivity contribution in [2.45, 2.75) is 38.1 Å². The number of rotatable bonds is 5. The van der Waals surface area contributed by atoms with Gasteiger partial charge in [-0.15, -0.1) is 0 Å². The van der Waals surface area contributed by atoms with E-state index in [0.717, 1.165) is 12.8 Å². The number of nitrogens with one attached hydrogen (secondary N) is 1. The largest absolute Gasteiger partial charge is 0.350 e. The smallest absolute Gasteiger partial charge is 0.274 e. The van der Waals surface area contributed by atoms with Gasteiger partial charge in [-0.05, 0) is 31.4 Å². The second-order valence-corrected chi connectivity index (χ2v) is 7.20. The Morgan fingerprint density at radius 1 is 1.07 bits per heavy atom. The minimum atomic E-state index is -0.226.